The highest BCUT2D eigenvalue weighted by atomic mass is 19.4. The quantitative estimate of drug-likeness (QED) is 0.660. The number of rotatable bonds is 3. The summed E-state index contributed by atoms with van der Waals surface area (Å²) in [4.78, 5) is 18.4. The Balaban J connectivity index is 1.53. The van der Waals surface area contributed by atoms with Crippen molar-refractivity contribution in [2.75, 3.05) is 11.4 Å². The van der Waals surface area contributed by atoms with E-state index in [1.54, 1.807) is 4.90 Å². The van der Waals surface area contributed by atoms with E-state index < -0.39 is 11.7 Å². The molecule has 0 bridgehead atoms. The summed E-state index contributed by atoms with van der Waals surface area (Å²) in [6.45, 7) is 2.37. The molecule has 0 radical (unpaired) electrons. The fourth-order valence-electron chi connectivity index (χ4n) is 3.24. The van der Waals surface area contributed by atoms with Crippen LogP contribution in [0.1, 0.15) is 29.4 Å². The third kappa shape index (κ3) is 3.49. The fourth-order valence-corrected chi connectivity index (χ4v) is 3.24. The molecule has 0 saturated carbocycles. The van der Waals surface area contributed by atoms with Crippen molar-refractivity contribution in [1.29, 1.82) is 0 Å². The first-order valence-corrected chi connectivity index (χ1v) is 8.69. The second-order valence-corrected chi connectivity index (χ2v) is 6.78. The summed E-state index contributed by atoms with van der Waals surface area (Å²) in [5.41, 5.74) is 1.55. The number of halogens is 3. The zero-order chi connectivity index (χ0) is 19.9. The van der Waals surface area contributed by atoms with E-state index in [1.807, 2.05) is 31.2 Å². The van der Waals surface area contributed by atoms with E-state index in [0.717, 1.165) is 23.4 Å². The average molecular weight is 387 g/mol. The summed E-state index contributed by atoms with van der Waals surface area (Å²) < 4.78 is 43.3. The molecule has 1 fully saturated rings. The molecule has 1 aliphatic heterocycles. The van der Waals surface area contributed by atoms with Gasteiger partial charge in [-0.05, 0) is 36.8 Å². The van der Waals surface area contributed by atoms with Gasteiger partial charge in [-0.15, -0.1) is 0 Å². The highest BCUT2D eigenvalue weighted by molar-refractivity contribution is 5.96. The molecule has 4 rings (SSSR count). The Morgan fingerprint density at radius 3 is 2.57 bits per heavy atom. The average Bonchev–Trinajstić information content (AvgIpc) is 3.28. The summed E-state index contributed by atoms with van der Waals surface area (Å²) in [5, 5.41) is 3.86. The summed E-state index contributed by atoms with van der Waals surface area (Å²) in [7, 11) is 0. The Morgan fingerprint density at radius 1 is 1.14 bits per heavy atom. The molecule has 1 aromatic heterocycles. The molecule has 8 heteroatoms. The van der Waals surface area contributed by atoms with Crippen molar-refractivity contribution in [1.82, 2.24) is 10.1 Å². The topological polar surface area (TPSA) is 59.2 Å². The molecular formula is C20H16F3N3O2. The molecule has 1 saturated heterocycles. The second kappa shape index (κ2) is 6.78. The van der Waals surface area contributed by atoms with Crippen LogP contribution in [0.25, 0.3) is 11.4 Å². The smallest absolute Gasteiger partial charge is 0.339 e. The van der Waals surface area contributed by atoms with Crippen LogP contribution in [0.15, 0.2) is 53.1 Å². The van der Waals surface area contributed by atoms with Gasteiger partial charge in [0, 0.05) is 24.2 Å². The Hall–Kier alpha value is -3.16. The highest BCUT2D eigenvalue weighted by Gasteiger charge is 2.35. The van der Waals surface area contributed by atoms with Crippen molar-refractivity contribution in [3.63, 3.8) is 0 Å². The van der Waals surface area contributed by atoms with Gasteiger partial charge in [0.1, 0.15) is 0 Å². The molecule has 28 heavy (non-hydrogen) atoms. The number of hydrogen-bond donors (Lipinski definition) is 0. The van der Waals surface area contributed by atoms with E-state index in [2.05, 4.69) is 10.1 Å². The van der Waals surface area contributed by atoms with Crippen molar-refractivity contribution < 1.29 is 22.5 Å². The molecule has 1 unspecified atom stereocenters. The lowest BCUT2D eigenvalue weighted by Crippen LogP contribution is -2.24. The molecular weight excluding hydrogens is 371 g/mol. The van der Waals surface area contributed by atoms with Crippen LogP contribution in [-0.4, -0.2) is 22.6 Å². The molecule has 0 N–H and O–H groups in total. The number of amides is 1. The highest BCUT2D eigenvalue weighted by Crippen LogP contribution is 2.33. The number of anilines is 1. The zero-order valence-electron chi connectivity index (χ0n) is 14.9. The molecule has 144 valence electrons. The Morgan fingerprint density at radius 2 is 1.89 bits per heavy atom. The van der Waals surface area contributed by atoms with Gasteiger partial charge in [0.2, 0.25) is 17.6 Å². The van der Waals surface area contributed by atoms with Gasteiger partial charge in [0.05, 0.1) is 11.5 Å². The van der Waals surface area contributed by atoms with Crippen LogP contribution in [0.5, 0.6) is 0 Å². The van der Waals surface area contributed by atoms with E-state index in [0.29, 0.717) is 18.0 Å². The third-order valence-corrected chi connectivity index (χ3v) is 4.70. The molecule has 1 atom stereocenters. The molecule has 1 aliphatic rings. The molecule has 3 aromatic rings. The Labute approximate surface area is 158 Å². The van der Waals surface area contributed by atoms with E-state index in [9.17, 15) is 18.0 Å². The minimum Gasteiger partial charge on any atom is -0.339 e. The van der Waals surface area contributed by atoms with Crippen LogP contribution in [0.2, 0.25) is 0 Å². The summed E-state index contributed by atoms with van der Waals surface area (Å²) in [6, 6.07) is 12.2. The lowest BCUT2D eigenvalue weighted by Gasteiger charge is -2.16. The van der Waals surface area contributed by atoms with Crippen molar-refractivity contribution in [3.05, 3.63) is 65.5 Å². The van der Waals surface area contributed by atoms with Gasteiger partial charge in [0.25, 0.3) is 0 Å². The van der Waals surface area contributed by atoms with Crippen LogP contribution in [0, 0.1) is 6.92 Å². The van der Waals surface area contributed by atoms with Crippen LogP contribution >= 0.6 is 0 Å². The number of aryl methyl sites for hydroxylation is 1. The summed E-state index contributed by atoms with van der Waals surface area (Å²) >= 11 is 0. The Kier molecular flexibility index (Phi) is 4.41. The van der Waals surface area contributed by atoms with Crippen LogP contribution in [-0.2, 0) is 11.0 Å². The van der Waals surface area contributed by atoms with Crippen molar-refractivity contribution in [2.24, 2.45) is 0 Å². The number of benzene rings is 2. The fraction of sp³-hybridized carbons (Fsp3) is 0.250. The minimum atomic E-state index is -4.40. The first-order chi connectivity index (χ1) is 13.3. The van der Waals surface area contributed by atoms with Crippen LogP contribution in [0.4, 0.5) is 18.9 Å². The standard InChI is InChI=1S/C20H16F3N3O2/c1-12-3-2-4-16(9-12)26-11-14(10-17(26)27)19-24-18(25-28-19)13-5-7-15(8-6-13)20(21,22)23/h2-9,14H,10-11H2,1H3. The maximum atomic E-state index is 12.7. The monoisotopic (exact) mass is 387 g/mol. The maximum Gasteiger partial charge on any atom is 0.416 e. The number of carbonyl (C=O) groups excluding carboxylic acids is 1. The molecule has 1 amide bonds. The maximum absolute atomic E-state index is 12.7. The van der Waals surface area contributed by atoms with Gasteiger partial charge < -0.3 is 9.42 Å². The first-order valence-electron chi connectivity index (χ1n) is 8.69. The normalized spacial score (nSPS) is 17.4. The van der Waals surface area contributed by atoms with Crippen LogP contribution in [0.3, 0.4) is 0 Å². The SMILES string of the molecule is Cc1cccc(N2CC(c3nc(-c4ccc(C(F)(F)F)cc4)no3)CC2=O)c1. The minimum absolute atomic E-state index is 0.0371. The van der Waals surface area contributed by atoms with Gasteiger partial charge in [-0.1, -0.05) is 29.4 Å². The predicted octanol–water partition coefficient (Wildman–Crippen LogP) is 4.58. The van der Waals surface area contributed by atoms with E-state index in [1.165, 1.54) is 12.1 Å². The van der Waals surface area contributed by atoms with E-state index >= 15 is 0 Å². The van der Waals surface area contributed by atoms with Crippen LogP contribution < -0.4 is 4.90 Å². The molecule has 2 aromatic carbocycles. The summed E-state index contributed by atoms with van der Waals surface area (Å²) in [6.07, 6.45) is -4.16. The van der Waals surface area contributed by atoms with Crippen molar-refractivity contribution in [3.8, 4) is 11.4 Å². The largest absolute Gasteiger partial charge is 0.416 e. The number of alkyl halides is 3. The van der Waals surface area contributed by atoms with Crippen molar-refractivity contribution >= 4 is 11.6 Å². The van der Waals surface area contributed by atoms with Crippen molar-refractivity contribution in [2.45, 2.75) is 25.4 Å². The van der Waals surface area contributed by atoms with Gasteiger partial charge in [-0.3, -0.25) is 4.79 Å². The second-order valence-electron chi connectivity index (χ2n) is 6.78. The third-order valence-electron chi connectivity index (χ3n) is 4.70. The van der Waals surface area contributed by atoms with Gasteiger partial charge in [-0.25, -0.2) is 0 Å². The molecule has 0 aliphatic carbocycles. The lowest BCUT2D eigenvalue weighted by atomic mass is 10.1. The zero-order valence-corrected chi connectivity index (χ0v) is 14.9. The number of nitrogens with zero attached hydrogens (tertiary/aromatic N) is 3. The van der Waals surface area contributed by atoms with Gasteiger partial charge >= 0.3 is 6.18 Å². The van der Waals surface area contributed by atoms with E-state index in [4.69, 9.17) is 4.52 Å². The van der Waals surface area contributed by atoms with E-state index in [-0.39, 0.29) is 24.1 Å². The Bertz CT molecular complexity index is 1010. The number of aromatic nitrogens is 2. The van der Waals surface area contributed by atoms with Gasteiger partial charge in [-0.2, -0.15) is 18.2 Å². The predicted molar refractivity (Wildman–Crippen MR) is 95.6 cm³/mol. The van der Waals surface area contributed by atoms with Gasteiger partial charge in [0.15, 0.2) is 0 Å². The summed E-state index contributed by atoms with van der Waals surface area (Å²) in [5.74, 6) is 0.206. The molecule has 2 heterocycles. The molecule has 5 nitrogen and oxygen atoms in total. The lowest BCUT2D eigenvalue weighted by molar-refractivity contribution is -0.137. The first kappa shape index (κ1) is 18.2. The molecule has 0 spiro atoms. The number of hydrogen-bond acceptors (Lipinski definition) is 4. The number of carbonyl (C=O) groups is 1.